The molecule has 4 nitrogen and oxygen atoms in total. The lowest BCUT2D eigenvalue weighted by Gasteiger charge is -2.22. The van der Waals surface area contributed by atoms with Gasteiger partial charge >= 0.3 is 0 Å². The van der Waals surface area contributed by atoms with Crippen LogP contribution in [-0.2, 0) is 17.8 Å². The summed E-state index contributed by atoms with van der Waals surface area (Å²) in [7, 11) is 1.62. The third kappa shape index (κ3) is 4.61. The van der Waals surface area contributed by atoms with Gasteiger partial charge in [0, 0.05) is 43.9 Å². The molecular weight excluding hydrogens is 331 g/mol. The average molecular weight is 356 g/mol. The van der Waals surface area contributed by atoms with Crippen LogP contribution in [0.2, 0.25) is 0 Å². The van der Waals surface area contributed by atoms with Crippen molar-refractivity contribution in [3.8, 4) is 5.75 Å². The molecule has 1 saturated heterocycles. The Morgan fingerprint density at radius 1 is 1.00 bits per heavy atom. The van der Waals surface area contributed by atoms with Gasteiger partial charge in [-0.05, 0) is 18.6 Å². The highest BCUT2D eigenvalue weighted by molar-refractivity contribution is 5.79. The van der Waals surface area contributed by atoms with Crippen LogP contribution in [0.15, 0.2) is 48.5 Å². The molecule has 26 heavy (non-hydrogen) atoms. The van der Waals surface area contributed by atoms with Crippen LogP contribution in [0, 0.1) is 5.82 Å². The molecule has 1 aliphatic rings. The first-order valence-electron chi connectivity index (χ1n) is 9.03. The summed E-state index contributed by atoms with van der Waals surface area (Å²) in [5, 5.41) is 0. The molecule has 138 valence electrons. The van der Waals surface area contributed by atoms with Crippen LogP contribution in [0.3, 0.4) is 0 Å². The van der Waals surface area contributed by atoms with Gasteiger partial charge in [0.25, 0.3) is 0 Å². The van der Waals surface area contributed by atoms with Crippen molar-refractivity contribution in [1.82, 2.24) is 9.80 Å². The van der Waals surface area contributed by atoms with Crippen LogP contribution in [-0.4, -0.2) is 49.0 Å². The number of carbonyl (C=O) groups is 1. The van der Waals surface area contributed by atoms with E-state index in [9.17, 15) is 9.18 Å². The standard InChI is InChI=1S/C21H25FN2O2/c1-26-20-10-5-3-7-17(20)15-21(25)24-12-6-11-23(13-14-24)16-18-8-2-4-9-19(18)22/h2-5,7-10H,6,11-16H2,1H3. The van der Waals surface area contributed by atoms with Gasteiger partial charge in [-0.2, -0.15) is 0 Å². The van der Waals surface area contributed by atoms with Crippen LogP contribution in [0.25, 0.3) is 0 Å². The number of rotatable bonds is 5. The number of nitrogens with zero attached hydrogens (tertiary/aromatic N) is 2. The summed E-state index contributed by atoms with van der Waals surface area (Å²) < 4.78 is 19.2. The number of benzene rings is 2. The number of methoxy groups -OCH3 is 1. The van der Waals surface area contributed by atoms with Gasteiger partial charge in [-0.1, -0.05) is 36.4 Å². The van der Waals surface area contributed by atoms with E-state index in [1.165, 1.54) is 6.07 Å². The van der Waals surface area contributed by atoms with E-state index in [1.54, 1.807) is 13.2 Å². The average Bonchev–Trinajstić information content (AvgIpc) is 2.90. The van der Waals surface area contributed by atoms with Crippen molar-refractivity contribution in [2.75, 3.05) is 33.3 Å². The van der Waals surface area contributed by atoms with Crippen LogP contribution < -0.4 is 4.74 Å². The van der Waals surface area contributed by atoms with Crippen LogP contribution in [0.4, 0.5) is 4.39 Å². The van der Waals surface area contributed by atoms with E-state index in [0.717, 1.165) is 37.4 Å². The van der Waals surface area contributed by atoms with Crippen molar-refractivity contribution in [2.45, 2.75) is 19.4 Å². The molecule has 0 N–H and O–H groups in total. The summed E-state index contributed by atoms with van der Waals surface area (Å²) in [4.78, 5) is 16.8. The predicted molar refractivity (Wildman–Crippen MR) is 99.6 cm³/mol. The fourth-order valence-electron chi connectivity index (χ4n) is 3.37. The zero-order valence-corrected chi connectivity index (χ0v) is 15.2. The quantitative estimate of drug-likeness (QED) is 0.825. The molecule has 0 aliphatic carbocycles. The molecule has 3 rings (SSSR count). The molecule has 0 unspecified atom stereocenters. The molecule has 2 aromatic carbocycles. The Kier molecular flexibility index (Phi) is 6.23. The Balaban J connectivity index is 1.58. The largest absolute Gasteiger partial charge is 0.496 e. The first-order valence-corrected chi connectivity index (χ1v) is 9.03. The third-order valence-electron chi connectivity index (χ3n) is 4.83. The highest BCUT2D eigenvalue weighted by Gasteiger charge is 2.20. The highest BCUT2D eigenvalue weighted by Crippen LogP contribution is 2.19. The van der Waals surface area contributed by atoms with Gasteiger partial charge in [-0.3, -0.25) is 9.69 Å². The zero-order chi connectivity index (χ0) is 18.4. The minimum atomic E-state index is -0.166. The second kappa shape index (κ2) is 8.81. The lowest BCUT2D eigenvalue weighted by atomic mass is 10.1. The van der Waals surface area contributed by atoms with E-state index in [1.807, 2.05) is 41.3 Å². The van der Waals surface area contributed by atoms with Crippen molar-refractivity contribution in [3.05, 3.63) is 65.5 Å². The van der Waals surface area contributed by atoms with E-state index in [-0.39, 0.29) is 11.7 Å². The van der Waals surface area contributed by atoms with Crippen LogP contribution in [0.1, 0.15) is 17.5 Å². The van der Waals surface area contributed by atoms with Crippen molar-refractivity contribution >= 4 is 5.91 Å². The van der Waals surface area contributed by atoms with E-state index in [4.69, 9.17) is 4.74 Å². The number of amides is 1. The highest BCUT2D eigenvalue weighted by atomic mass is 19.1. The van der Waals surface area contributed by atoms with Gasteiger partial charge in [0.15, 0.2) is 0 Å². The molecule has 0 radical (unpaired) electrons. The number of ether oxygens (including phenoxy) is 1. The minimum Gasteiger partial charge on any atom is -0.496 e. The van der Waals surface area contributed by atoms with E-state index >= 15 is 0 Å². The molecule has 0 aromatic heterocycles. The summed E-state index contributed by atoms with van der Waals surface area (Å²) in [5.41, 5.74) is 1.62. The number of halogens is 1. The molecule has 0 atom stereocenters. The first kappa shape index (κ1) is 18.4. The lowest BCUT2D eigenvalue weighted by Crippen LogP contribution is -2.36. The Hall–Kier alpha value is -2.40. The number of para-hydroxylation sites is 1. The summed E-state index contributed by atoms with van der Waals surface area (Å²) in [6.45, 7) is 3.62. The maximum absolute atomic E-state index is 13.9. The van der Waals surface area contributed by atoms with Crippen molar-refractivity contribution in [2.24, 2.45) is 0 Å². The molecule has 2 aromatic rings. The molecule has 1 heterocycles. The van der Waals surface area contributed by atoms with Crippen molar-refractivity contribution in [1.29, 1.82) is 0 Å². The van der Waals surface area contributed by atoms with Crippen LogP contribution in [0.5, 0.6) is 5.75 Å². The zero-order valence-electron chi connectivity index (χ0n) is 15.2. The number of hydrogen-bond donors (Lipinski definition) is 0. The van der Waals surface area contributed by atoms with E-state index in [2.05, 4.69) is 4.90 Å². The fraction of sp³-hybridized carbons (Fsp3) is 0.381. The summed E-state index contributed by atoms with van der Waals surface area (Å²) in [6, 6.07) is 14.5. The maximum Gasteiger partial charge on any atom is 0.227 e. The topological polar surface area (TPSA) is 32.8 Å². The lowest BCUT2D eigenvalue weighted by molar-refractivity contribution is -0.130. The van der Waals surface area contributed by atoms with Gasteiger partial charge in [0.05, 0.1) is 13.5 Å². The molecule has 0 bridgehead atoms. The van der Waals surface area contributed by atoms with Crippen molar-refractivity contribution in [3.63, 3.8) is 0 Å². The molecular formula is C21H25FN2O2. The predicted octanol–water partition coefficient (Wildman–Crippen LogP) is 3.11. The monoisotopic (exact) mass is 356 g/mol. The molecule has 0 spiro atoms. The van der Waals surface area contributed by atoms with E-state index in [0.29, 0.717) is 25.1 Å². The van der Waals surface area contributed by atoms with Gasteiger partial charge in [0.2, 0.25) is 5.91 Å². The van der Waals surface area contributed by atoms with E-state index < -0.39 is 0 Å². The normalized spacial score (nSPS) is 15.5. The second-order valence-electron chi connectivity index (χ2n) is 6.59. The van der Waals surface area contributed by atoms with Gasteiger partial charge in [-0.15, -0.1) is 0 Å². The summed E-state index contributed by atoms with van der Waals surface area (Å²) >= 11 is 0. The molecule has 0 saturated carbocycles. The number of hydrogen-bond acceptors (Lipinski definition) is 3. The molecule has 1 aliphatic heterocycles. The molecule has 1 amide bonds. The van der Waals surface area contributed by atoms with Crippen molar-refractivity contribution < 1.29 is 13.9 Å². The Labute approximate surface area is 154 Å². The molecule has 5 heteroatoms. The van der Waals surface area contributed by atoms with Gasteiger partial charge in [0.1, 0.15) is 11.6 Å². The third-order valence-corrected chi connectivity index (χ3v) is 4.83. The SMILES string of the molecule is COc1ccccc1CC(=O)N1CCCN(Cc2ccccc2F)CC1. The summed E-state index contributed by atoms with van der Waals surface area (Å²) in [5.74, 6) is 0.694. The Morgan fingerprint density at radius 2 is 1.73 bits per heavy atom. The number of carbonyl (C=O) groups excluding carboxylic acids is 1. The fourth-order valence-corrected chi connectivity index (χ4v) is 3.37. The van der Waals surface area contributed by atoms with Gasteiger partial charge < -0.3 is 9.64 Å². The van der Waals surface area contributed by atoms with Crippen LogP contribution >= 0.6 is 0 Å². The Bertz CT molecular complexity index is 750. The minimum absolute atomic E-state index is 0.113. The second-order valence-corrected chi connectivity index (χ2v) is 6.59. The Morgan fingerprint density at radius 3 is 2.50 bits per heavy atom. The smallest absolute Gasteiger partial charge is 0.227 e. The van der Waals surface area contributed by atoms with Gasteiger partial charge in [-0.25, -0.2) is 4.39 Å². The maximum atomic E-state index is 13.9. The summed E-state index contributed by atoms with van der Waals surface area (Å²) in [6.07, 6.45) is 1.24. The molecule has 1 fully saturated rings. The first-order chi connectivity index (χ1) is 12.7.